The van der Waals surface area contributed by atoms with Gasteiger partial charge in [0, 0.05) is 0 Å². The maximum Gasteiger partial charge on any atom is 0.406 e. The first-order chi connectivity index (χ1) is 5.37. The van der Waals surface area contributed by atoms with E-state index in [9.17, 15) is 13.2 Å². The summed E-state index contributed by atoms with van der Waals surface area (Å²) >= 11 is 0. The Labute approximate surface area is 71.3 Å². The molecule has 0 aromatic carbocycles. The maximum atomic E-state index is 12.4. The molecule has 0 saturated carbocycles. The van der Waals surface area contributed by atoms with E-state index in [-0.39, 0.29) is 6.42 Å². The lowest BCUT2D eigenvalue weighted by atomic mass is 9.98. The summed E-state index contributed by atoms with van der Waals surface area (Å²) in [6, 6.07) is 0. The molecular formula is C8H16F3N. The van der Waals surface area contributed by atoms with Crippen LogP contribution in [0, 0.1) is 0 Å². The smallest absolute Gasteiger partial charge is 0.304 e. The van der Waals surface area contributed by atoms with E-state index in [1.165, 1.54) is 13.8 Å². The van der Waals surface area contributed by atoms with E-state index >= 15 is 0 Å². The van der Waals surface area contributed by atoms with Crippen molar-refractivity contribution >= 4 is 0 Å². The van der Waals surface area contributed by atoms with Gasteiger partial charge >= 0.3 is 6.18 Å². The van der Waals surface area contributed by atoms with Gasteiger partial charge in [0.2, 0.25) is 0 Å². The van der Waals surface area contributed by atoms with Crippen LogP contribution in [0.15, 0.2) is 0 Å². The number of halogens is 3. The lowest BCUT2D eigenvalue weighted by Crippen LogP contribution is -2.54. The lowest BCUT2D eigenvalue weighted by Gasteiger charge is -2.31. The number of hydrogen-bond donors (Lipinski definition) is 1. The van der Waals surface area contributed by atoms with E-state index in [1.54, 1.807) is 0 Å². The second-order valence-corrected chi connectivity index (χ2v) is 3.11. The molecule has 0 heterocycles. The van der Waals surface area contributed by atoms with Gasteiger partial charge in [0.1, 0.15) is 5.54 Å². The Morgan fingerprint density at radius 2 is 1.67 bits per heavy atom. The lowest BCUT2D eigenvalue weighted by molar-refractivity contribution is -0.192. The molecule has 4 heteroatoms. The van der Waals surface area contributed by atoms with Crippen LogP contribution >= 0.6 is 0 Å². The molecule has 74 valence electrons. The standard InChI is InChI=1S/C8H16F3N/c1-4-6-12-7(3,5-2)8(9,10)11/h12H,4-6H2,1-3H3. The van der Waals surface area contributed by atoms with Gasteiger partial charge in [-0.3, -0.25) is 0 Å². The molecule has 0 saturated heterocycles. The topological polar surface area (TPSA) is 12.0 Å². The number of alkyl halides is 3. The van der Waals surface area contributed by atoms with E-state index in [0.717, 1.165) is 0 Å². The number of rotatable bonds is 4. The summed E-state index contributed by atoms with van der Waals surface area (Å²) in [5.74, 6) is 0. The normalized spacial score (nSPS) is 17.5. The van der Waals surface area contributed by atoms with Gasteiger partial charge in [0.25, 0.3) is 0 Å². The zero-order valence-corrected chi connectivity index (χ0v) is 7.76. The minimum atomic E-state index is -4.16. The summed E-state index contributed by atoms with van der Waals surface area (Å²) in [6.07, 6.45) is -3.38. The van der Waals surface area contributed by atoms with Crippen LogP contribution in [0.25, 0.3) is 0 Å². The first kappa shape index (κ1) is 11.8. The average molecular weight is 183 g/mol. The van der Waals surface area contributed by atoms with Gasteiger partial charge in [-0.25, -0.2) is 0 Å². The van der Waals surface area contributed by atoms with E-state index in [2.05, 4.69) is 5.32 Å². The summed E-state index contributed by atoms with van der Waals surface area (Å²) in [7, 11) is 0. The molecule has 0 aliphatic rings. The quantitative estimate of drug-likeness (QED) is 0.706. The van der Waals surface area contributed by atoms with Gasteiger partial charge in [0.15, 0.2) is 0 Å². The summed E-state index contributed by atoms with van der Waals surface area (Å²) < 4.78 is 37.1. The van der Waals surface area contributed by atoms with Crippen LogP contribution in [0.4, 0.5) is 13.2 Å². The number of hydrogen-bond acceptors (Lipinski definition) is 1. The molecule has 0 aliphatic carbocycles. The van der Waals surface area contributed by atoms with Crippen molar-refractivity contribution in [2.24, 2.45) is 0 Å². The Kier molecular flexibility index (Phi) is 4.03. The summed E-state index contributed by atoms with van der Waals surface area (Å²) in [5.41, 5.74) is -1.72. The molecule has 0 rings (SSSR count). The SMILES string of the molecule is CCCNC(C)(CC)C(F)(F)F. The minimum Gasteiger partial charge on any atom is -0.304 e. The summed E-state index contributed by atoms with van der Waals surface area (Å²) in [4.78, 5) is 0. The van der Waals surface area contributed by atoms with Crippen LogP contribution in [0.3, 0.4) is 0 Å². The van der Waals surface area contributed by atoms with Crippen molar-refractivity contribution in [2.45, 2.75) is 45.3 Å². The van der Waals surface area contributed by atoms with Crippen molar-refractivity contribution in [3.63, 3.8) is 0 Å². The zero-order chi connectivity index (χ0) is 9.83. The van der Waals surface area contributed by atoms with Gasteiger partial charge in [0.05, 0.1) is 0 Å². The Morgan fingerprint density at radius 1 is 1.17 bits per heavy atom. The third-order valence-corrected chi connectivity index (χ3v) is 2.10. The Balaban J connectivity index is 4.24. The average Bonchev–Trinajstić information content (AvgIpc) is 1.98. The first-order valence-corrected chi connectivity index (χ1v) is 4.19. The van der Waals surface area contributed by atoms with Crippen molar-refractivity contribution in [1.82, 2.24) is 5.32 Å². The van der Waals surface area contributed by atoms with E-state index in [4.69, 9.17) is 0 Å². The van der Waals surface area contributed by atoms with Gasteiger partial charge in [-0.1, -0.05) is 13.8 Å². The van der Waals surface area contributed by atoms with E-state index < -0.39 is 11.7 Å². The molecule has 1 nitrogen and oxygen atoms in total. The van der Waals surface area contributed by atoms with Gasteiger partial charge in [-0.05, 0) is 26.3 Å². The fraction of sp³-hybridized carbons (Fsp3) is 1.00. The van der Waals surface area contributed by atoms with Crippen LogP contribution in [0.5, 0.6) is 0 Å². The molecule has 0 aromatic heterocycles. The predicted molar refractivity (Wildman–Crippen MR) is 43.0 cm³/mol. The fourth-order valence-corrected chi connectivity index (χ4v) is 0.827. The van der Waals surface area contributed by atoms with Crippen molar-refractivity contribution in [1.29, 1.82) is 0 Å². The van der Waals surface area contributed by atoms with Gasteiger partial charge < -0.3 is 5.32 Å². The fourth-order valence-electron chi connectivity index (χ4n) is 0.827. The molecule has 0 spiro atoms. The Bertz CT molecular complexity index is 133. The van der Waals surface area contributed by atoms with Crippen molar-refractivity contribution in [2.75, 3.05) is 6.54 Å². The molecule has 0 amide bonds. The van der Waals surface area contributed by atoms with Crippen LogP contribution < -0.4 is 5.32 Å². The van der Waals surface area contributed by atoms with Crippen molar-refractivity contribution in [3.05, 3.63) is 0 Å². The molecule has 0 aliphatic heterocycles. The minimum absolute atomic E-state index is 0.0660. The molecule has 12 heavy (non-hydrogen) atoms. The number of nitrogens with one attached hydrogen (secondary N) is 1. The highest BCUT2D eigenvalue weighted by Gasteiger charge is 2.48. The zero-order valence-electron chi connectivity index (χ0n) is 7.76. The van der Waals surface area contributed by atoms with Crippen LogP contribution in [-0.2, 0) is 0 Å². The first-order valence-electron chi connectivity index (χ1n) is 4.19. The largest absolute Gasteiger partial charge is 0.406 e. The third-order valence-electron chi connectivity index (χ3n) is 2.10. The Hall–Kier alpha value is -0.250. The molecule has 0 radical (unpaired) electrons. The van der Waals surface area contributed by atoms with Crippen molar-refractivity contribution in [3.8, 4) is 0 Å². The second kappa shape index (κ2) is 4.12. The molecule has 1 N–H and O–H groups in total. The summed E-state index contributed by atoms with van der Waals surface area (Å²) in [6.45, 7) is 4.99. The molecule has 1 atom stereocenters. The van der Waals surface area contributed by atoms with Gasteiger partial charge in [-0.15, -0.1) is 0 Å². The van der Waals surface area contributed by atoms with Crippen LogP contribution in [-0.4, -0.2) is 18.3 Å². The highest BCUT2D eigenvalue weighted by Crippen LogP contribution is 2.32. The molecule has 0 aromatic rings. The maximum absolute atomic E-state index is 12.4. The molecule has 0 bridgehead atoms. The van der Waals surface area contributed by atoms with Gasteiger partial charge in [-0.2, -0.15) is 13.2 Å². The highest BCUT2D eigenvalue weighted by atomic mass is 19.4. The molecule has 1 unspecified atom stereocenters. The highest BCUT2D eigenvalue weighted by molar-refractivity contribution is 4.88. The molecular weight excluding hydrogens is 167 g/mol. The molecule has 0 fully saturated rings. The van der Waals surface area contributed by atoms with Crippen molar-refractivity contribution < 1.29 is 13.2 Å². The second-order valence-electron chi connectivity index (χ2n) is 3.11. The Morgan fingerprint density at radius 3 is 1.92 bits per heavy atom. The third kappa shape index (κ3) is 2.66. The predicted octanol–water partition coefficient (Wildman–Crippen LogP) is 2.72. The van der Waals surface area contributed by atoms with Crippen LogP contribution in [0.1, 0.15) is 33.6 Å². The monoisotopic (exact) mass is 183 g/mol. The van der Waals surface area contributed by atoms with E-state index in [1.807, 2.05) is 6.92 Å². The van der Waals surface area contributed by atoms with E-state index in [0.29, 0.717) is 13.0 Å². The van der Waals surface area contributed by atoms with Crippen LogP contribution in [0.2, 0.25) is 0 Å². The summed E-state index contributed by atoms with van der Waals surface area (Å²) in [5, 5.41) is 2.51.